The summed E-state index contributed by atoms with van der Waals surface area (Å²) < 4.78 is 0. The molecule has 1 N–H and O–H groups in total. The summed E-state index contributed by atoms with van der Waals surface area (Å²) in [6.07, 6.45) is 4.71. The number of hydrogen-bond acceptors (Lipinski definition) is 2. The van der Waals surface area contributed by atoms with Gasteiger partial charge in [-0.1, -0.05) is 26.5 Å². The van der Waals surface area contributed by atoms with E-state index in [0.29, 0.717) is 11.6 Å². The molecule has 0 aliphatic rings. The maximum atomic E-state index is 7.57. The van der Waals surface area contributed by atoms with Crippen LogP contribution in [0.15, 0.2) is 28.9 Å². The highest BCUT2D eigenvalue weighted by atomic mass is 14.8. The van der Waals surface area contributed by atoms with Crippen LogP contribution < -0.4 is 0 Å². The minimum Gasteiger partial charge on any atom is -0.303 e. The molecule has 78 valence electrons. The van der Waals surface area contributed by atoms with Gasteiger partial charge in [0.2, 0.25) is 0 Å². The first-order valence-corrected chi connectivity index (χ1v) is 4.95. The molecule has 2 heteroatoms. The van der Waals surface area contributed by atoms with Crippen molar-refractivity contribution in [2.45, 2.75) is 34.1 Å². The van der Waals surface area contributed by atoms with Crippen molar-refractivity contribution < 1.29 is 0 Å². The maximum absolute atomic E-state index is 7.57. The van der Waals surface area contributed by atoms with Gasteiger partial charge in [0.15, 0.2) is 0 Å². The zero-order chi connectivity index (χ0) is 11.1. The highest BCUT2D eigenvalue weighted by Crippen LogP contribution is 2.09. The number of nitrogens with zero attached hydrogens (tertiary/aromatic N) is 1. The van der Waals surface area contributed by atoms with Crippen LogP contribution in [0.1, 0.15) is 34.1 Å². The molecule has 1 atom stereocenters. The maximum Gasteiger partial charge on any atom is 0.0859 e. The summed E-state index contributed by atoms with van der Waals surface area (Å²) in [5, 5.41) is 7.57. The highest BCUT2D eigenvalue weighted by Gasteiger charge is 2.01. The Morgan fingerprint density at radius 2 is 2.07 bits per heavy atom. The van der Waals surface area contributed by atoms with Crippen molar-refractivity contribution in [3.63, 3.8) is 0 Å². The molecule has 0 heterocycles. The van der Waals surface area contributed by atoms with E-state index in [1.807, 2.05) is 13.1 Å². The van der Waals surface area contributed by atoms with E-state index < -0.39 is 0 Å². The Bertz CT molecular complexity index is 272. The molecule has 0 aliphatic heterocycles. The predicted octanol–water partition coefficient (Wildman–Crippen LogP) is 3.60. The lowest BCUT2D eigenvalue weighted by atomic mass is 10.1. The second kappa shape index (κ2) is 6.30. The van der Waals surface area contributed by atoms with Crippen LogP contribution in [0.25, 0.3) is 0 Å². The van der Waals surface area contributed by atoms with Crippen molar-refractivity contribution >= 4 is 11.9 Å². The van der Waals surface area contributed by atoms with E-state index in [-0.39, 0.29) is 0 Å². The smallest absolute Gasteiger partial charge is 0.0859 e. The van der Waals surface area contributed by atoms with Crippen LogP contribution in [0.2, 0.25) is 0 Å². The molecule has 1 unspecified atom stereocenters. The van der Waals surface area contributed by atoms with Gasteiger partial charge < -0.3 is 5.41 Å². The van der Waals surface area contributed by atoms with Gasteiger partial charge in [-0.2, -0.15) is 0 Å². The fourth-order valence-corrected chi connectivity index (χ4v) is 0.898. The van der Waals surface area contributed by atoms with Crippen LogP contribution >= 0.6 is 0 Å². The van der Waals surface area contributed by atoms with Crippen LogP contribution in [0.4, 0.5) is 0 Å². The van der Waals surface area contributed by atoms with E-state index in [1.165, 1.54) is 0 Å². The van der Waals surface area contributed by atoms with Gasteiger partial charge in [-0.15, -0.1) is 0 Å². The number of nitrogens with one attached hydrogen (secondary N) is 1. The SMILES string of the molecule is C=C/C(C)=C(/N=CC(C)CC)C(C)=N. The molecule has 0 aliphatic carbocycles. The van der Waals surface area contributed by atoms with E-state index in [9.17, 15) is 0 Å². The lowest BCUT2D eigenvalue weighted by Gasteiger charge is -2.04. The van der Waals surface area contributed by atoms with E-state index in [2.05, 4.69) is 25.4 Å². The summed E-state index contributed by atoms with van der Waals surface area (Å²) in [7, 11) is 0. The topological polar surface area (TPSA) is 36.2 Å². The van der Waals surface area contributed by atoms with Gasteiger partial charge in [-0.05, 0) is 31.8 Å². The van der Waals surface area contributed by atoms with Crippen LogP contribution in [0.3, 0.4) is 0 Å². The molecule has 0 saturated heterocycles. The molecule has 0 spiro atoms. The molecule has 0 amide bonds. The zero-order valence-corrected chi connectivity index (χ0v) is 9.59. The van der Waals surface area contributed by atoms with Gasteiger partial charge in [0, 0.05) is 6.21 Å². The number of aliphatic imine (C=N–C) groups is 1. The van der Waals surface area contributed by atoms with Crippen molar-refractivity contribution in [3.8, 4) is 0 Å². The molecule has 0 saturated carbocycles. The minimum absolute atomic E-state index is 0.460. The van der Waals surface area contributed by atoms with Gasteiger partial charge in [-0.3, -0.25) is 4.99 Å². The van der Waals surface area contributed by atoms with Gasteiger partial charge in [-0.25, -0.2) is 0 Å². The summed E-state index contributed by atoms with van der Waals surface area (Å²) in [6.45, 7) is 11.6. The Kier molecular flexibility index (Phi) is 5.77. The van der Waals surface area contributed by atoms with Gasteiger partial charge in [0.05, 0.1) is 11.4 Å². The molecule has 0 aromatic carbocycles. The third kappa shape index (κ3) is 4.17. The third-order valence-electron chi connectivity index (χ3n) is 2.14. The molecule has 0 fully saturated rings. The fraction of sp³-hybridized carbons (Fsp3) is 0.500. The normalized spacial score (nSPS) is 15.1. The average molecular weight is 192 g/mol. The monoisotopic (exact) mass is 192 g/mol. The molecule has 0 aromatic heterocycles. The second-order valence-electron chi connectivity index (χ2n) is 3.52. The first-order valence-electron chi connectivity index (χ1n) is 4.95. The van der Waals surface area contributed by atoms with Crippen LogP contribution in [0.5, 0.6) is 0 Å². The molecular formula is C12H20N2. The Hall–Kier alpha value is -1.18. The first-order chi connectivity index (χ1) is 6.52. The Morgan fingerprint density at radius 3 is 2.43 bits per heavy atom. The van der Waals surface area contributed by atoms with Crippen LogP contribution in [-0.2, 0) is 0 Å². The van der Waals surface area contributed by atoms with E-state index >= 15 is 0 Å². The standard InChI is InChI=1S/C12H20N2/c1-6-9(3)8-14-12(11(5)13)10(4)7-2/h7-9,13H,2,6H2,1,3-5H3/b12-10+,13-11?,14-8?. The molecular weight excluding hydrogens is 172 g/mol. The summed E-state index contributed by atoms with van der Waals surface area (Å²) in [4.78, 5) is 4.32. The van der Waals surface area contributed by atoms with E-state index in [4.69, 9.17) is 5.41 Å². The van der Waals surface area contributed by atoms with Gasteiger partial charge >= 0.3 is 0 Å². The molecule has 0 aromatic rings. The Labute approximate surface area is 87.0 Å². The van der Waals surface area contributed by atoms with Crippen molar-refractivity contribution in [3.05, 3.63) is 23.9 Å². The molecule has 0 bridgehead atoms. The summed E-state index contributed by atoms with van der Waals surface area (Å²) in [6, 6.07) is 0. The van der Waals surface area contributed by atoms with Gasteiger partial charge in [0.1, 0.15) is 0 Å². The van der Waals surface area contributed by atoms with Crippen molar-refractivity contribution in [1.29, 1.82) is 5.41 Å². The molecule has 14 heavy (non-hydrogen) atoms. The van der Waals surface area contributed by atoms with Gasteiger partial charge in [0.25, 0.3) is 0 Å². The lowest BCUT2D eigenvalue weighted by Crippen LogP contribution is -1.99. The highest BCUT2D eigenvalue weighted by molar-refractivity contribution is 5.97. The summed E-state index contributed by atoms with van der Waals surface area (Å²) >= 11 is 0. The Balaban J connectivity index is 4.80. The third-order valence-corrected chi connectivity index (χ3v) is 2.14. The van der Waals surface area contributed by atoms with E-state index in [1.54, 1.807) is 13.0 Å². The van der Waals surface area contributed by atoms with Crippen molar-refractivity contribution in [2.75, 3.05) is 0 Å². The summed E-state index contributed by atoms with van der Waals surface area (Å²) in [5.74, 6) is 0.460. The Morgan fingerprint density at radius 1 is 1.50 bits per heavy atom. The average Bonchev–Trinajstić information content (AvgIpc) is 2.16. The second-order valence-corrected chi connectivity index (χ2v) is 3.52. The fourth-order valence-electron chi connectivity index (χ4n) is 0.898. The minimum atomic E-state index is 0.460. The number of allylic oxidation sites excluding steroid dienone is 3. The molecule has 0 rings (SSSR count). The predicted molar refractivity (Wildman–Crippen MR) is 64.2 cm³/mol. The lowest BCUT2D eigenvalue weighted by molar-refractivity contribution is 0.754. The summed E-state index contributed by atoms with van der Waals surface area (Å²) in [5.41, 5.74) is 2.18. The van der Waals surface area contributed by atoms with Crippen LogP contribution in [0, 0.1) is 11.3 Å². The molecule has 0 radical (unpaired) electrons. The number of rotatable bonds is 5. The van der Waals surface area contributed by atoms with Crippen molar-refractivity contribution in [2.24, 2.45) is 10.9 Å². The van der Waals surface area contributed by atoms with E-state index in [0.717, 1.165) is 17.7 Å². The first kappa shape index (κ1) is 12.8. The quantitative estimate of drug-likeness (QED) is 0.510. The largest absolute Gasteiger partial charge is 0.303 e. The molecule has 2 nitrogen and oxygen atoms in total. The van der Waals surface area contributed by atoms with Crippen molar-refractivity contribution in [1.82, 2.24) is 0 Å². The van der Waals surface area contributed by atoms with Crippen LogP contribution in [-0.4, -0.2) is 11.9 Å². The zero-order valence-electron chi connectivity index (χ0n) is 9.59. The number of hydrogen-bond donors (Lipinski definition) is 1.